The monoisotopic (exact) mass is 363 g/mol. The van der Waals surface area contributed by atoms with E-state index in [2.05, 4.69) is 5.32 Å². The fourth-order valence-electron chi connectivity index (χ4n) is 3.94. The van der Waals surface area contributed by atoms with E-state index in [0.717, 1.165) is 30.6 Å². The molecule has 1 aliphatic heterocycles. The highest BCUT2D eigenvalue weighted by molar-refractivity contribution is 5.82. The van der Waals surface area contributed by atoms with E-state index >= 15 is 0 Å². The lowest BCUT2D eigenvalue weighted by Crippen LogP contribution is -2.47. The van der Waals surface area contributed by atoms with Gasteiger partial charge in [0.05, 0.1) is 0 Å². The van der Waals surface area contributed by atoms with E-state index in [4.69, 9.17) is 5.73 Å². The molecule has 25 heavy (non-hydrogen) atoms. The second-order valence-corrected chi connectivity index (χ2v) is 7.48. The Balaban J connectivity index is 1.72. The topological polar surface area (TPSA) is 75.4 Å². The number of halogens is 3. The van der Waals surface area contributed by atoms with Gasteiger partial charge in [-0.05, 0) is 43.6 Å². The van der Waals surface area contributed by atoms with Gasteiger partial charge in [0.2, 0.25) is 5.91 Å². The molecule has 8 heteroatoms. The Morgan fingerprint density at radius 1 is 1.12 bits per heavy atom. The van der Waals surface area contributed by atoms with E-state index < -0.39 is 12.1 Å². The molecular weight excluding hydrogens is 335 g/mol. The molecule has 144 valence electrons. The molecule has 0 aromatic rings. The van der Waals surface area contributed by atoms with Crippen molar-refractivity contribution in [3.8, 4) is 0 Å². The van der Waals surface area contributed by atoms with Crippen LogP contribution in [0.25, 0.3) is 0 Å². The van der Waals surface area contributed by atoms with Gasteiger partial charge in [0.25, 0.3) is 0 Å². The Labute approximate surface area is 146 Å². The fourth-order valence-corrected chi connectivity index (χ4v) is 3.94. The molecule has 2 rings (SSSR count). The molecule has 1 heterocycles. The standard InChI is InChI=1S/C17H28F3N3O2/c18-17(19,20)15(25)23-8-4-13(5-9-23)11-22-14(24)10-16(12-21)6-2-1-3-7-16/h13H,1-12,21H2,(H,22,24). The lowest BCUT2D eigenvalue weighted by atomic mass is 9.71. The highest BCUT2D eigenvalue weighted by Gasteiger charge is 2.43. The lowest BCUT2D eigenvalue weighted by molar-refractivity contribution is -0.186. The number of likely N-dealkylation sites (tertiary alicyclic amines) is 1. The maximum absolute atomic E-state index is 12.4. The van der Waals surface area contributed by atoms with Crippen molar-refractivity contribution in [3.05, 3.63) is 0 Å². The molecule has 0 aromatic heterocycles. The van der Waals surface area contributed by atoms with Gasteiger partial charge in [0.1, 0.15) is 0 Å². The van der Waals surface area contributed by atoms with Gasteiger partial charge in [0, 0.05) is 26.1 Å². The summed E-state index contributed by atoms with van der Waals surface area (Å²) in [6.45, 7) is 1.14. The number of rotatable bonds is 5. The van der Waals surface area contributed by atoms with E-state index in [-0.39, 0.29) is 30.3 Å². The molecule has 1 aliphatic carbocycles. The number of hydrogen-bond acceptors (Lipinski definition) is 3. The first-order valence-corrected chi connectivity index (χ1v) is 9.09. The first-order chi connectivity index (χ1) is 11.8. The van der Waals surface area contributed by atoms with Gasteiger partial charge in [-0.1, -0.05) is 19.3 Å². The molecule has 3 N–H and O–H groups in total. The van der Waals surface area contributed by atoms with Crippen LogP contribution in [0.2, 0.25) is 0 Å². The normalized spacial score (nSPS) is 21.8. The van der Waals surface area contributed by atoms with Crippen molar-refractivity contribution in [1.82, 2.24) is 10.2 Å². The number of nitrogens with two attached hydrogens (primary N) is 1. The zero-order chi connectivity index (χ0) is 18.5. The largest absolute Gasteiger partial charge is 0.471 e. The van der Waals surface area contributed by atoms with Crippen molar-refractivity contribution < 1.29 is 22.8 Å². The van der Waals surface area contributed by atoms with Gasteiger partial charge in [-0.15, -0.1) is 0 Å². The van der Waals surface area contributed by atoms with Crippen LogP contribution in [-0.4, -0.2) is 49.1 Å². The zero-order valence-corrected chi connectivity index (χ0v) is 14.5. The quantitative estimate of drug-likeness (QED) is 0.786. The Bertz CT molecular complexity index is 468. The first kappa shape index (κ1) is 20.0. The SMILES string of the molecule is NCC1(CC(=O)NCC2CCN(C(=O)C(F)(F)F)CC2)CCCCC1. The molecule has 1 saturated heterocycles. The van der Waals surface area contributed by atoms with Crippen LogP contribution in [0, 0.1) is 11.3 Å². The number of hydrogen-bond donors (Lipinski definition) is 2. The maximum Gasteiger partial charge on any atom is 0.471 e. The van der Waals surface area contributed by atoms with Crippen LogP contribution in [0.15, 0.2) is 0 Å². The van der Waals surface area contributed by atoms with Gasteiger partial charge in [-0.3, -0.25) is 9.59 Å². The van der Waals surface area contributed by atoms with Crippen LogP contribution in [0.5, 0.6) is 0 Å². The molecule has 0 bridgehead atoms. The minimum Gasteiger partial charge on any atom is -0.356 e. The molecule has 0 radical (unpaired) electrons. The molecule has 5 nitrogen and oxygen atoms in total. The molecule has 1 saturated carbocycles. The highest BCUT2D eigenvalue weighted by Crippen LogP contribution is 2.38. The van der Waals surface area contributed by atoms with Crippen LogP contribution in [0.3, 0.4) is 0 Å². The maximum atomic E-state index is 12.4. The third-order valence-electron chi connectivity index (χ3n) is 5.61. The Morgan fingerprint density at radius 2 is 1.72 bits per heavy atom. The van der Waals surface area contributed by atoms with Gasteiger partial charge in [0.15, 0.2) is 0 Å². The summed E-state index contributed by atoms with van der Waals surface area (Å²) >= 11 is 0. The van der Waals surface area contributed by atoms with E-state index in [9.17, 15) is 22.8 Å². The smallest absolute Gasteiger partial charge is 0.356 e. The molecule has 0 spiro atoms. The summed E-state index contributed by atoms with van der Waals surface area (Å²) in [7, 11) is 0. The van der Waals surface area contributed by atoms with Gasteiger partial charge >= 0.3 is 12.1 Å². The summed E-state index contributed by atoms with van der Waals surface area (Å²) in [4.78, 5) is 24.3. The van der Waals surface area contributed by atoms with Crippen molar-refractivity contribution in [2.75, 3.05) is 26.2 Å². The van der Waals surface area contributed by atoms with Crippen LogP contribution >= 0.6 is 0 Å². The zero-order valence-electron chi connectivity index (χ0n) is 14.5. The number of amides is 2. The minimum atomic E-state index is -4.81. The predicted molar refractivity (Wildman–Crippen MR) is 87.6 cm³/mol. The Kier molecular flexibility index (Phi) is 6.71. The van der Waals surface area contributed by atoms with Crippen LogP contribution in [-0.2, 0) is 9.59 Å². The van der Waals surface area contributed by atoms with E-state index in [0.29, 0.717) is 32.4 Å². The fraction of sp³-hybridized carbons (Fsp3) is 0.882. The van der Waals surface area contributed by atoms with Crippen molar-refractivity contribution in [2.45, 2.75) is 57.5 Å². The number of carbonyl (C=O) groups excluding carboxylic acids is 2. The van der Waals surface area contributed by atoms with Crippen molar-refractivity contribution >= 4 is 11.8 Å². The molecule has 0 aromatic carbocycles. The number of piperidine rings is 1. The second-order valence-electron chi connectivity index (χ2n) is 7.48. The number of nitrogens with zero attached hydrogens (tertiary/aromatic N) is 1. The van der Waals surface area contributed by atoms with Gasteiger partial charge in [-0.2, -0.15) is 13.2 Å². The summed E-state index contributed by atoms with van der Waals surface area (Å²) in [5, 5.41) is 2.91. The van der Waals surface area contributed by atoms with Gasteiger partial charge in [-0.25, -0.2) is 0 Å². The van der Waals surface area contributed by atoms with Crippen molar-refractivity contribution in [1.29, 1.82) is 0 Å². The summed E-state index contributed by atoms with van der Waals surface area (Å²) in [6, 6.07) is 0. The molecular formula is C17H28F3N3O2. The second kappa shape index (κ2) is 8.38. The summed E-state index contributed by atoms with van der Waals surface area (Å²) in [5.41, 5.74) is 5.80. The van der Waals surface area contributed by atoms with Gasteiger partial charge < -0.3 is 16.0 Å². The minimum absolute atomic E-state index is 0.0267. The van der Waals surface area contributed by atoms with Crippen LogP contribution in [0.4, 0.5) is 13.2 Å². The first-order valence-electron chi connectivity index (χ1n) is 9.09. The van der Waals surface area contributed by atoms with E-state index in [1.54, 1.807) is 0 Å². The number of nitrogens with one attached hydrogen (secondary N) is 1. The Morgan fingerprint density at radius 3 is 2.24 bits per heavy atom. The molecule has 0 atom stereocenters. The number of carbonyl (C=O) groups is 2. The molecule has 2 fully saturated rings. The molecule has 0 unspecified atom stereocenters. The van der Waals surface area contributed by atoms with Crippen molar-refractivity contribution in [2.24, 2.45) is 17.1 Å². The van der Waals surface area contributed by atoms with Crippen LogP contribution in [0.1, 0.15) is 51.4 Å². The predicted octanol–water partition coefficient (Wildman–Crippen LogP) is 2.20. The van der Waals surface area contributed by atoms with E-state index in [1.807, 2.05) is 0 Å². The molecule has 2 aliphatic rings. The summed E-state index contributed by atoms with van der Waals surface area (Å²) < 4.78 is 37.3. The third-order valence-corrected chi connectivity index (χ3v) is 5.61. The summed E-state index contributed by atoms with van der Waals surface area (Å²) in [5.74, 6) is -1.68. The van der Waals surface area contributed by atoms with Crippen molar-refractivity contribution in [3.63, 3.8) is 0 Å². The Hall–Kier alpha value is -1.31. The number of alkyl halides is 3. The van der Waals surface area contributed by atoms with Crippen LogP contribution < -0.4 is 11.1 Å². The highest BCUT2D eigenvalue weighted by atomic mass is 19.4. The van der Waals surface area contributed by atoms with E-state index in [1.165, 1.54) is 6.42 Å². The lowest BCUT2D eigenvalue weighted by Gasteiger charge is -2.36. The third kappa shape index (κ3) is 5.59. The summed E-state index contributed by atoms with van der Waals surface area (Å²) in [6.07, 6.45) is 1.94. The molecule has 2 amide bonds. The average Bonchev–Trinajstić information content (AvgIpc) is 2.60. The average molecular weight is 363 g/mol.